The van der Waals surface area contributed by atoms with Crippen molar-refractivity contribution in [1.82, 2.24) is 0 Å². The first-order chi connectivity index (χ1) is 11.3. The van der Waals surface area contributed by atoms with Crippen molar-refractivity contribution < 1.29 is 22.1 Å². The van der Waals surface area contributed by atoms with Crippen LogP contribution in [0.5, 0.6) is 5.75 Å². The van der Waals surface area contributed by atoms with Gasteiger partial charge in [0.2, 0.25) is 0 Å². The summed E-state index contributed by atoms with van der Waals surface area (Å²) in [5.41, 5.74) is 2.26. The fourth-order valence-electron chi connectivity index (χ4n) is 2.84. The smallest absolute Gasteiger partial charge is 0.328 e. The molecule has 0 aromatic heterocycles. The summed E-state index contributed by atoms with van der Waals surface area (Å²) in [4.78, 5) is 12.1. The molecule has 0 radical (unpaired) electrons. The molecule has 0 N–H and O–H groups in total. The van der Waals surface area contributed by atoms with E-state index < -0.39 is 21.3 Å². The fourth-order valence-corrected chi connectivity index (χ4v) is 4.07. The maximum atomic E-state index is 12.5. The van der Waals surface area contributed by atoms with Crippen LogP contribution in [0.4, 0.5) is 0 Å². The van der Waals surface area contributed by atoms with Crippen molar-refractivity contribution in [3.63, 3.8) is 0 Å². The zero-order chi connectivity index (χ0) is 19.2. The van der Waals surface area contributed by atoms with E-state index in [9.17, 15) is 13.2 Å². The van der Waals surface area contributed by atoms with E-state index in [-0.39, 0.29) is 23.9 Å². The largest absolute Gasteiger partial charge is 0.465 e. The molecule has 1 aromatic carbocycles. The van der Waals surface area contributed by atoms with Gasteiger partial charge in [0.15, 0.2) is 5.25 Å². The monoisotopic (exact) mass is 368 g/mol. The van der Waals surface area contributed by atoms with Crippen LogP contribution < -0.4 is 4.18 Å². The summed E-state index contributed by atoms with van der Waals surface area (Å²) in [5, 5.41) is -1.32. The lowest BCUT2D eigenvalue weighted by Crippen LogP contribution is -2.40. The van der Waals surface area contributed by atoms with E-state index in [0.29, 0.717) is 5.75 Å². The molecule has 0 spiro atoms. The molecule has 25 heavy (non-hydrogen) atoms. The number of ether oxygens (including phenoxy) is 1. The third-order valence-electron chi connectivity index (χ3n) is 4.34. The average molecular weight is 368 g/mol. The van der Waals surface area contributed by atoms with Gasteiger partial charge < -0.3 is 8.92 Å². The van der Waals surface area contributed by atoms with Crippen molar-refractivity contribution >= 4 is 16.1 Å². The Bertz CT molecular complexity index is 779. The summed E-state index contributed by atoms with van der Waals surface area (Å²) < 4.78 is 35.3. The molecule has 0 saturated heterocycles. The Morgan fingerprint density at radius 1 is 1.16 bits per heavy atom. The van der Waals surface area contributed by atoms with E-state index in [1.807, 2.05) is 32.9 Å². The normalized spacial score (nSPS) is 19.7. The minimum Gasteiger partial charge on any atom is -0.465 e. The van der Waals surface area contributed by atoms with Crippen molar-refractivity contribution in [3.8, 4) is 5.75 Å². The van der Waals surface area contributed by atoms with Gasteiger partial charge in [-0.2, -0.15) is 8.42 Å². The van der Waals surface area contributed by atoms with E-state index in [4.69, 9.17) is 8.92 Å². The molecule has 1 aliphatic heterocycles. The highest BCUT2D eigenvalue weighted by Crippen LogP contribution is 2.42. The molecule has 1 aliphatic rings. The SMILES string of the molecule is CCOC(=O)C1Cc2cc(C(C)(C)C)cc(C(C)(C)C)c2OS1(=O)=O. The van der Waals surface area contributed by atoms with E-state index in [2.05, 4.69) is 20.8 Å². The molecule has 5 nitrogen and oxygen atoms in total. The highest BCUT2D eigenvalue weighted by atomic mass is 32.2. The lowest BCUT2D eigenvalue weighted by molar-refractivity contribution is -0.142. The fraction of sp³-hybridized carbons (Fsp3) is 0.632. The Hall–Kier alpha value is -1.56. The molecule has 1 aromatic rings. The Labute approximate surface area is 150 Å². The van der Waals surface area contributed by atoms with Gasteiger partial charge in [0.05, 0.1) is 6.61 Å². The summed E-state index contributed by atoms with van der Waals surface area (Å²) in [6.07, 6.45) is 0.0729. The molecule has 0 saturated carbocycles. The molecule has 6 heteroatoms. The number of hydrogen-bond acceptors (Lipinski definition) is 5. The maximum absolute atomic E-state index is 12.5. The van der Waals surface area contributed by atoms with Crippen LogP contribution in [-0.4, -0.2) is 26.2 Å². The van der Waals surface area contributed by atoms with E-state index in [1.165, 1.54) is 0 Å². The molecular weight excluding hydrogens is 340 g/mol. The van der Waals surface area contributed by atoms with Gasteiger partial charge in [-0.25, -0.2) is 0 Å². The van der Waals surface area contributed by atoms with Gasteiger partial charge in [0, 0.05) is 12.0 Å². The Balaban J connectivity index is 2.66. The van der Waals surface area contributed by atoms with E-state index >= 15 is 0 Å². The second-order valence-corrected chi connectivity index (χ2v) is 10.3. The molecule has 2 rings (SSSR count). The predicted octanol–water partition coefficient (Wildman–Crippen LogP) is 3.48. The zero-order valence-electron chi connectivity index (χ0n) is 16.1. The van der Waals surface area contributed by atoms with Gasteiger partial charge in [0.25, 0.3) is 0 Å². The third kappa shape index (κ3) is 4.00. The quantitative estimate of drug-likeness (QED) is 0.590. The number of hydrogen-bond donors (Lipinski definition) is 0. The Morgan fingerprint density at radius 3 is 2.24 bits per heavy atom. The number of benzene rings is 1. The molecule has 0 aliphatic carbocycles. The van der Waals surface area contributed by atoms with Crippen LogP contribution in [0.25, 0.3) is 0 Å². The Kier molecular flexibility index (Phi) is 4.99. The summed E-state index contributed by atoms with van der Waals surface area (Å²) in [5.74, 6) is -0.396. The molecule has 0 amide bonds. The second kappa shape index (κ2) is 6.31. The van der Waals surface area contributed by atoms with Crippen molar-refractivity contribution in [2.24, 2.45) is 0 Å². The highest BCUT2D eigenvalue weighted by Gasteiger charge is 2.43. The first-order valence-corrected chi connectivity index (χ1v) is 10.0. The molecule has 1 heterocycles. The van der Waals surface area contributed by atoms with Crippen LogP contribution in [0.2, 0.25) is 0 Å². The van der Waals surface area contributed by atoms with Gasteiger partial charge in [-0.1, -0.05) is 53.7 Å². The first-order valence-electron chi connectivity index (χ1n) is 8.55. The van der Waals surface area contributed by atoms with Crippen LogP contribution in [0.15, 0.2) is 12.1 Å². The lowest BCUT2D eigenvalue weighted by atomic mass is 9.78. The van der Waals surface area contributed by atoms with Crippen molar-refractivity contribution in [1.29, 1.82) is 0 Å². The minimum atomic E-state index is -4.06. The number of carbonyl (C=O) groups is 1. The van der Waals surface area contributed by atoms with Crippen LogP contribution in [-0.2, 0) is 36.9 Å². The maximum Gasteiger partial charge on any atom is 0.328 e. The highest BCUT2D eigenvalue weighted by molar-refractivity contribution is 7.88. The first kappa shape index (κ1) is 19.8. The molecule has 140 valence electrons. The Morgan fingerprint density at radius 2 is 1.76 bits per heavy atom. The van der Waals surface area contributed by atoms with Gasteiger partial charge in [-0.15, -0.1) is 0 Å². The van der Waals surface area contributed by atoms with Gasteiger partial charge >= 0.3 is 16.1 Å². The predicted molar refractivity (Wildman–Crippen MR) is 97.5 cm³/mol. The summed E-state index contributed by atoms with van der Waals surface area (Å²) in [6, 6.07) is 3.96. The summed E-state index contributed by atoms with van der Waals surface area (Å²) >= 11 is 0. The summed E-state index contributed by atoms with van der Waals surface area (Å²) in [6.45, 7) is 14.1. The van der Waals surface area contributed by atoms with E-state index in [1.54, 1.807) is 6.92 Å². The van der Waals surface area contributed by atoms with Crippen molar-refractivity contribution in [3.05, 3.63) is 28.8 Å². The van der Waals surface area contributed by atoms with Crippen LogP contribution in [0, 0.1) is 0 Å². The molecule has 0 fully saturated rings. The number of rotatable bonds is 2. The molecule has 1 atom stereocenters. The van der Waals surface area contributed by atoms with Gasteiger partial charge in [-0.3, -0.25) is 4.79 Å². The third-order valence-corrected chi connectivity index (χ3v) is 5.80. The van der Waals surface area contributed by atoms with Crippen LogP contribution >= 0.6 is 0 Å². The van der Waals surface area contributed by atoms with Crippen molar-refractivity contribution in [2.75, 3.05) is 6.61 Å². The second-order valence-electron chi connectivity index (χ2n) is 8.53. The molecule has 1 unspecified atom stereocenters. The van der Waals surface area contributed by atoms with Gasteiger partial charge in [-0.05, 0) is 28.9 Å². The van der Waals surface area contributed by atoms with Crippen LogP contribution in [0.3, 0.4) is 0 Å². The molecule has 0 bridgehead atoms. The number of esters is 1. The van der Waals surface area contributed by atoms with Crippen molar-refractivity contribution in [2.45, 2.75) is 71.0 Å². The number of fused-ring (bicyclic) bond motifs is 1. The topological polar surface area (TPSA) is 69.7 Å². The lowest BCUT2D eigenvalue weighted by Gasteiger charge is -2.32. The average Bonchev–Trinajstić information content (AvgIpc) is 2.42. The number of carbonyl (C=O) groups excluding carboxylic acids is 1. The zero-order valence-corrected chi connectivity index (χ0v) is 16.9. The van der Waals surface area contributed by atoms with Crippen LogP contribution in [0.1, 0.15) is 65.2 Å². The van der Waals surface area contributed by atoms with E-state index in [0.717, 1.165) is 16.7 Å². The standard InChI is InChI=1S/C19H28O5S/c1-8-23-17(20)15-10-12-9-13(18(2,3)4)11-14(19(5,6)7)16(12)24-25(15,21)22/h9,11,15H,8,10H2,1-7H3. The summed E-state index contributed by atoms with van der Waals surface area (Å²) in [7, 11) is -4.06. The molecular formula is C19H28O5S. The minimum absolute atomic E-state index is 0.0729. The van der Waals surface area contributed by atoms with Gasteiger partial charge in [0.1, 0.15) is 5.75 Å².